The van der Waals surface area contributed by atoms with Crippen LogP contribution in [0.3, 0.4) is 0 Å². The van der Waals surface area contributed by atoms with Crippen molar-refractivity contribution in [1.29, 1.82) is 0 Å². The lowest BCUT2D eigenvalue weighted by Crippen LogP contribution is -2.23. The van der Waals surface area contributed by atoms with Crippen molar-refractivity contribution < 1.29 is 0 Å². The Bertz CT molecular complexity index is 1270. The van der Waals surface area contributed by atoms with Gasteiger partial charge in [0.2, 0.25) is 0 Å². The fraction of sp³-hybridized carbons (Fsp3) is 0.174. The summed E-state index contributed by atoms with van der Waals surface area (Å²) in [6, 6.07) is 13.0. The molecule has 0 radical (unpaired) electrons. The first kappa shape index (κ1) is 16.4. The molecule has 0 spiro atoms. The molecule has 6 heteroatoms. The summed E-state index contributed by atoms with van der Waals surface area (Å²) in [7, 11) is 0. The van der Waals surface area contributed by atoms with E-state index in [1.54, 1.807) is 6.20 Å². The first-order valence-corrected chi connectivity index (χ1v) is 9.90. The number of hydrogen-bond donors (Lipinski definition) is 2. The van der Waals surface area contributed by atoms with Gasteiger partial charge in [0.1, 0.15) is 0 Å². The highest BCUT2D eigenvalue weighted by molar-refractivity contribution is 5.86. The van der Waals surface area contributed by atoms with Gasteiger partial charge in [0.25, 0.3) is 0 Å². The van der Waals surface area contributed by atoms with Gasteiger partial charge in [0.15, 0.2) is 11.5 Å². The Hall–Kier alpha value is -3.51. The van der Waals surface area contributed by atoms with E-state index in [2.05, 4.69) is 57.0 Å². The van der Waals surface area contributed by atoms with Crippen molar-refractivity contribution in [2.24, 2.45) is 4.99 Å². The highest BCUT2D eigenvalue weighted by Gasteiger charge is 2.14. The summed E-state index contributed by atoms with van der Waals surface area (Å²) in [4.78, 5) is 13.8. The number of rotatable bonds is 3. The van der Waals surface area contributed by atoms with Crippen LogP contribution in [0.2, 0.25) is 0 Å². The summed E-state index contributed by atoms with van der Waals surface area (Å²) >= 11 is 0. The summed E-state index contributed by atoms with van der Waals surface area (Å²) in [5.41, 5.74) is 9.06. The second-order valence-corrected chi connectivity index (χ2v) is 7.55. The van der Waals surface area contributed by atoms with E-state index >= 15 is 0 Å². The van der Waals surface area contributed by atoms with E-state index in [0.29, 0.717) is 0 Å². The highest BCUT2D eigenvalue weighted by atomic mass is 15.1. The van der Waals surface area contributed by atoms with Crippen LogP contribution in [0.1, 0.15) is 22.3 Å². The topological polar surface area (TPSA) is 66.6 Å². The maximum Gasteiger partial charge on any atom is 0.180 e. The number of aliphatic imine (C=N–C) groups is 1. The second kappa shape index (κ2) is 6.53. The summed E-state index contributed by atoms with van der Waals surface area (Å²) in [5.74, 6) is 0.762. The molecule has 2 N–H and O–H groups in total. The molecule has 0 aliphatic carbocycles. The number of anilines is 2. The SMILES string of the molecule is C1=NCc2cc(-c3cn4ccnc4c(Nc4ccc5c(c4)CCNC5)n3)ccc21. The minimum Gasteiger partial charge on any atom is -0.337 e. The molecule has 4 aromatic rings. The molecule has 2 aliphatic rings. The van der Waals surface area contributed by atoms with Gasteiger partial charge in [-0.15, -0.1) is 0 Å². The van der Waals surface area contributed by atoms with Gasteiger partial charge in [-0.1, -0.05) is 18.2 Å². The highest BCUT2D eigenvalue weighted by Crippen LogP contribution is 2.28. The number of imidazole rings is 1. The van der Waals surface area contributed by atoms with Crippen molar-refractivity contribution in [3.8, 4) is 11.3 Å². The van der Waals surface area contributed by atoms with Crippen LogP contribution in [0.25, 0.3) is 16.9 Å². The lowest BCUT2D eigenvalue weighted by molar-refractivity contribution is 0.644. The van der Waals surface area contributed by atoms with Crippen LogP contribution in [0, 0.1) is 0 Å². The number of benzene rings is 2. The normalized spacial score (nSPS) is 14.8. The molecule has 0 fully saturated rings. The molecule has 4 heterocycles. The van der Waals surface area contributed by atoms with Gasteiger partial charge in [-0.2, -0.15) is 0 Å². The molecule has 0 amide bonds. The Kier molecular flexibility index (Phi) is 3.70. The molecule has 0 saturated carbocycles. The first-order valence-electron chi connectivity index (χ1n) is 9.90. The van der Waals surface area contributed by atoms with Gasteiger partial charge in [-0.05, 0) is 53.4 Å². The maximum absolute atomic E-state index is 4.93. The molecule has 2 aliphatic heterocycles. The van der Waals surface area contributed by atoms with Crippen LogP contribution < -0.4 is 10.6 Å². The van der Waals surface area contributed by atoms with Crippen molar-refractivity contribution in [3.63, 3.8) is 0 Å². The average molecular weight is 380 g/mol. The largest absolute Gasteiger partial charge is 0.337 e. The van der Waals surface area contributed by atoms with Crippen molar-refractivity contribution >= 4 is 23.4 Å². The van der Waals surface area contributed by atoms with Gasteiger partial charge < -0.3 is 15.0 Å². The van der Waals surface area contributed by atoms with E-state index in [4.69, 9.17) is 4.98 Å². The third kappa shape index (κ3) is 2.89. The van der Waals surface area contributed by atoms with Crippen LogP contribution in [-0.2, 0) is 19.5 Å². The molecule has 6 rings (SSSR count). The lowest BCUT2D eigenvalue weighted by atomic mass is 10.0. The minimum absolute atomic E-state index is 0.742. The predicted molar refractivity (Wildman–Crippen MR) is 115 cm³/mol. The summed E-state index contributed by atoms with van der Waals surface area (Å²) < 4.78 is 2.02. The van der Waals surface area contributed by atoms with Crippen LogP contribution in [0.4, 0.5) is 11.5 Å². The molecule has 0 saturated heterocycles. The number of fused-ring (bicyclic) bond motifs is 3. The van der Waals surface area contributed by atoms with E-state index in [1.807, 2.05) is 23.0 Å². The Morgan fingerprint density at radius 3 is 3.03 bits per heavy atom. The third-order valence-electron chi connectivity index (χ3n) is 5.66. The number of hydrogen-bond acceptors (Lipinski definition) is 5. The number of aromatic nitrogens is 3. The van der Waals surface area contributed by atoms with Gasteiger partial charge in [-0.3, -0.25) is 4.99 Å². The molecule has 0 unspecified atom stereocenters. The van der Waals surface area contributed by atoms with Crippen LogP contribution >= 0.6 is 0 Å². The predicted octanol–water partition coefficient (Wildman–Crippen LogP) is 3.72. The Morgan fingerprint density at radius 2 is 2.03 bits per heavy atom. The van der Waals surface area contributed by atoms with E-state index in [1.165, 1.54) is 22.3 Å². The molecule has 29 heavy (non-hydrogen) atoms. The number of nitrogens with one attached hydrogen (secondary N) is 2. The molecular weight excluding hydrogens is 360 g/mol. The zero-order valence-electron chi connectivity index (χ0n) is 15.9. The maximum atomic E-state index is 4.93. The van der Waals surface area contributed by atoms with Crippen molar-refractivity contribution in [1.82, 2.24) is 19.7 Å². The smallest absolute Gasteiger partial charge is 0.180 e. The van der Waals surface area contributed by atoms with E-state index < -0.39 is 0 Å². The van der Waals surface area contributed by atoms with Crippen molar-refractivity contribution in [3.05, 3.63) is 77.2 Å². The Labute approximate surface area is 168 Å². The quantitative estimate of drug-likeness (QED) is 0.569. The molecule has 2 aromatic carbocycles. The van der Waals surface area contributed by atoms with Gasteiger partial charge >= 0.3 is 0 Å². The monoisotopic (exact) mass is 380 g/mol. The minimum atomic E-state index is 0.742. The Morgan fingerprint density at radius 1 is 1.03 bits per heavy atom. The molecule has 6 nitrogen and oxygen atoms in total. The lowest BCUT2D eigenvalue weighted by Gasteiger charge is -2.18. The first-order chi connectivity index (χ1) is 14.3. The molecule has 0 bridgehead atoms. The summed E-state index contributed by atoms with van der Waals surface area (Å²) in [6.45, 7) is 2.71. The standard InChI is InChI=1S/C23H20N6/c1-2-18-12-25-13-19(18)9-16(1)21-14-29-8-7-26-23(29)22(28-21)27-20-4-3-17-11-24-6-5-15(17)10-20/h1-4,7-10,12,14,24H,5-6,11,13H2,(H,27,28). The second-order valence-electron chi connectivity index (χ2n) is 7.55. The zero-order chi connectivity index (χ0) is 19.2. The van der Waals surface area contributed by atoms with Crippen LogP contribution in [0.15, 0.2) is 60.0 Å². The molecule has 0 atom stereocenters. The van der Waals surface area contributed by atoms with Crippen LogP contribution in [-0.4, -0.2) is 27.1 Å². The zero-order valence-corrected chi connectivity index (χ0v) is 15.9. The summed E-state index contributed by atoms with van der Waals surface area (Å²) in [6.07, 6.45) is 8.78. The average Bonchev–Trinajstić information content (AvgIpc) is 3.42. The van der Waals surface area contributed by atoms with E-state index in [0.717, 1.165) is 54.5 Å². The molecule has 2 aromatic heterocycles. The molecule has 142 valence electrons. The van der Waals surface area contributed by atoms with E-state index in [9.17, 15) is 0 Å². The van der Waals surface area contributed by atoms with Crippen molar-refractivity contribution in [2.45, 2.75) is 19.5 Å². The van der Waals surface area contributed by atoms with Gasteiger partial charge in [-0.25, -0.2) is 9.97 Å². The van der Waals surface area contributed by atoms with Crippen molar-refractivity contribution in [2.75, 3.05) is 11.9 Å². The molecular formula is C23H20N6. The summed E-state index contributed by atoms with van der Waals surface area (Å²) in [5, 5.41) is 6.93. The van der Waals surface area contributed by atoms with Gasteiger partial charge in [0.05, 0.1) is 12.2 Å². The Balaban J connectivity index is 1.41. The fourth-order valence-corrected chi connectivity index (χ4v) is 4.12. The fourth-order valence-electron chi connectivity index (χ4n) is 4.12. The van der Waals surface area contributed by atoms with Gasteiger partial charge in [0, 0.05) is 42.6 Å². The van der Waals surface area contributed by atoms with Crippen LogP contribution in [0.5, 0.6) is 0 Å². The number of nitrogens with zero attached hydrogens (tertiary/aromatic N) is 4. The van der Waals surface area contributed by atoms with E-state index in [-0.39, 0.29) is 0 Å². The third-order valence-corrected chi connectivity index (χ3v) is 5.66.